The molecule has 1 aromatic carbocycles. The van der Waals surface area contributed by atoms with Gasteiger partial charge in [0, 0.05) is 5.25 Å². The smallest absolute Gasteiger partial charge is 0.183 e. The maximum atomic E-state index is 4.25. The molecule has 1 aliphatic rings. The molecule has 94 valence electrons. The monoisotopic (exact) mass is 259 g/mol. The van der Waals surface area contributed by atoms with Gasteiger partial charge in [0.25, 0.3) is 0 Å². The quantitative estimate of drug-likeness (QED) is 0.915. The van der Waals surface area contributed by atoms with Gasteiger partial charge >= 0.3 is 0 Å². The van der Waals surface area contributed by atoms with E-state index in [0.29, 0.717) is 5.25 Å². The molecule has 0 saturated carbocycles. The first-order valence-corrected chi connectivity index (χ1v) is 7.36. The predicted molar refractivity (Wildman–Crippen MR) is 73.5 cm³/mol. The van der Waals surface area contributed by atoms with Crippen LogP contribution in [0.2, 0.25) is 0 Å². The van der Waals surface area contributed by atoms with Crippen LogP contribution < -0.4 is 0 Å². The number of aromatic amines is 1. The number of rotatable bonds is 3. The minimum Gasteiger partial charge on any atom is -0.254 e. The van der Waals surface area contributed by atoms with E-state index in [1.165, 1.54) is 30.4 Å². The predicted octanol–water partition coefficient (Wildman–Crippen LogP) is 3.61. The van der Waals surface area contributed by atoms with Gasteiger partial charge in [0.1, 0.15) is 6.33 Å². The van der Waals surface area contributed by atoms with Crippen LogP contribution in [0.1, 0.15) is 36.1 Å². The van der Waals surface area contributed by atoms with Crippen LogP contribution in [0.25, 0.3) is 0 Å². The van der Waals surface area contributed by atoms with E-state index in [1.54, 1.807) is 6.33 Å². The summed E-state index contributed by atoms with van der Waals surface area (Å²) >= 11 is 1.82. The Morgan fingerprint density at radius 3 is 3.06 bits per heavy atom. The van der Waals surface area contributed by atoms with Crippen molar-refractivity contribution < 1.29 is 0 Å². The second-order valence-corrected chi connectivity index (χ2v) is 5.87. The minimum atomic E-state index is 0.507. The van der Waals surface area contributed by atoms with E-state index in [-0.39, 0.29) is 0 Å². The second-order valence-electron chi connectivity index (χ2n) is 4.73. The normalized spacial score (nSPS) is 22.7. The van der Waals surface area contributed by atoms with E-state index < -0.39 is 0 Å². The molecule has 1 aliphatic carbocycles. The van der Waals surface area contributed by atoms with E-state index in [4.69, 9.17) is 0 Å². The number of nitrogens with one attached hydrogen (secondary N) is 1. The zero-order valence-corrected chi connectivity index (χ0v) is 11.3. The summed E-state index contributed by atoms with van der Waals surface area (Å²) in [4.78, 5) is 4.25. The van der Waals surface area contributed by atoms with Gasteiger partial charge in [-0.2, -0.15) is 5.10 Å². The van der Waals surface area contributed by atoms with Crippen LogP contribution in [0, 0.1) is 5.92 Å². The van der Waals surface area contributed by atoms with Crippen molar-refractivity contribution in [3.63, 3.8) is 0 Å². The van der Waals surface area contributed by atoms with Crippen molar-refractivity contribution >= 4 is 11.8 Å². The third-order valence-corrected chi connectivity index (χ3v) is 5.04. The van der Waals surface area contributed by atoms with Gasteiger partial charge in [0.05, 0.1) is 0 Å². The van der Waals surface area contributed by atoms with Gasteiger partial charge in [-0.25, -0.2) is 4.98 Å². The molecule has 0 aliphatic heterocycles. The minimum absolute atomic E-state index is 0.507. The highest BCUT2D eigenvalue weighted by Gasteiger charge is 2.29. The molecule has 2 aromatic rings. The molecule has 0 amide bonds. The molecular weight excluding hydrogens is 242 g/mol. The standard InChI is InChI=1S/C14H17N3S/c1-2-10-7-8-11-5-3-4-6-12(11)13(10)18-14-15-9-16-17-14/h3-6,9-10,13H,2,7-8H2,1H3,(H,15,16,17). The van der Waals surface area contributed by atoms with E-state index in [1.807, 2.05) is 11.8 Å². The van der Waals surface area contributed by atoms with E-state index >= 15 is 0 Å². The first-order chi connectivity index (χ1) is 8.88. The summed E-state index contributed by atoms with van der Waals surface area (Å²) in [6, 6.07) is 8.81. The summed E-state index contributed by atoms with van der Waals surface area (Å²) < 4.78 is 0. The molecular formula is C14H17N3S. The van der Waals surface area contributed by atoms with Crippen molar-refractivity contribution in [1.29, 1.82) is 0 Å². The molecule has 2 atom stereocenters. The van der Waals surface area contributed by atoms with Gasteiger partial charge < -0.3 is 0 Å². The van der Waals surface area contributed by atoms with Crippen LogP contribution in [-0.4, -0.2) is 15.2 Å². The molecule has 0 saturated heterocycles. The average Bonchev–Trinajstić information content (AvgIpc) is 2.92. The van der Waals surface area contributed by atoms with Crippen molar-refractivity contribution in [3.05, 3.63) is 41.7 Å². The lowest BCUT2D eigenvalue weighted by Gasteiger charge is -2.32. The summed E-state index contributed by atoms with van der Waals surface area (Å²) in [6.45, 7) is 2.28. The molecule has 1 N–H and O–H groups in total. The third kappa shape index (κ3) is 2.17. The van der Waals surface area contributed by atoms with Crippen molar-refractivity contribution in [2.24, 2.45) is 5.92 Å². The molecule has 2 unspecified atom stereocenters. The van der Waals surface area contributed by atoms with Crippen LogP contribution in [-0.2, 0) is 6.42 Å². The Morgan fingerprint density at radius 2 is 2.28 bits per heavy atom. The van der Waals surface area contributed by atoms with Crippen LogP contribution in [0.5, 0.6) is 0 Å². The first kappa shape index (κ1) is 11.8. The number of H-pyrrole nitrogens is 1. The molecule has 18 heavy (non-hydrogen) atoms. The largest absolute Gasteiger partial charge is 0.254 e. The molecule has 1 heterocycles. The zero-order chi connectivity index (χ0) is 12.4. The van der Waals surface area contributed by atoms with Crippen molar-refractivity contribution in [3.8, 4) is 0 Å². The molecule has 0 fully saturated rings. The van der Waals surface area contributed by atoms with Crippen molar-refractivity contribution in [1.82, 2.24) is 15.2 Å². The molecule has 0 spiro atoms. The van der Waals surface area contributed by atoms with E-state index in [0.717, 1.165) is 11.1 Å². The van der Waals surface area contributed by atoms with Gasteiger partial charge in [-0.1, -0.05) is 49.4 Å². The lowest BCUT2D eigenvalue weighted by atomic mass is 9.82. The van der Waals surface area contributed by atoms with Gasteiger partial charge in [-0.3, -0.25) is 5.10 Å². The average molecular weight is 259 g/mol. The Bertz CT molecular complexity index is 510. The lowest BCUT2D eigenvalue weighted by Crippen LogP contribution is -2.18. The highest BCUT2D eigenvalue weighted by molar-refractivity contribution is 7.99. The summed E-state index contributed by atoms with van der Waals surface area (Å²) in [5.41, 5.74) is 2.98. The van der Waals surface area contributed by atoms with Gasteiger partial charge in [0.15, 0.2) is 5.16 Å². The summed E-state index contributed by atoms with van der Waals surface area (Å²) in [7, 11) is 0. The summed E-state index contributed by atoms with van der Waals surface area (Å²) in [5.74, 6) is 0.731. The number of benzene rings is 1. The second kappa shape index (κ2) is 5.14. The lowest BCUT2D eigenvalue weighted by molar-refractivity contribution is 0.436. The van der Waals surface area contributed by atoms with Crippen LogP contribution in [0.15, 0.2) is 35.7 Å². The van der Waals surface area contributed by atoms with Crippen LogP contribution in [0.4, 0.5) is 0 Å². The third-order valence-electron chi connectivity index (χ3n) is 3.73. The van der Waals surface area contributed by atoms with Gasteiger partial charge in [0.2, 0.25) is 0 Å². The number of nitrogens with zero attached hydrogens (tertiary/aromatic N) is 2. The fraction of sp³-hybridized carbons (Fsp3) is 0.429. The topological polar surface area (TPSA) is 41.6 Å². The maximum absolute atomic E-state index is 4.25. The Kier molecular flexibility index (Phi) is 3.37. The van der Waals surface area contributed by atoms with Crippen molar-refractivity contribution in [2.45, 2.75) is 36.6 Å². The SMILES string of the molecule is CCC1CCc2ccccc2C1Sc1ncn[nH]1. The molecule has 1 aromatic heterocycles. The fourth-order valence-electron chi connectivity index (χ4n) is 2.73. The number of hydrogen-bond donors (Lipinski definition) is 1. The molecule has 4 heteroatoms. The fourth-order valence-corrected chi connectivity index (χ4v) is 4.07. The van der Waals surface area contributed by atoms with E-state index in [2.05, 4.69) is 46.4 Å². The first-order valence-electron chi connectivity index (χ1n) is 6.48. The molecule has 0 radical (unpaired) electrons. The van der Waals surface area contributed by atoms with Crippen LogP contribution >= 0.6 is 11.8 Å². The Balaban J connectivity index is 1.93. The molecule has 0 bridgehead atoms. The highest BCUT2D eigenvalue weighted by Crippen LogP contribution is 2.46. The number of thioether (sulfide) groups is 1. The number of fused-ring (bicyclic) bond motifs is 1. The Hall–Kier alpha value is -1.29. The Labute approximate surface area is 111 Å². The zero-order valence-electron chi connectivity index (χ0n) is 10.5. The number of aryl methyl sites for hydroxylation is 1. The van der Waals surface area contributed by atoms with Gasteiger partial charge in [-0.15, -0.1) is 0 Å². The summed E-state index contributed by atoms with van der Waals surface area (Å²) in [5, 5.41) is 8.33. The summed E-state index contributed by atoms with van der Waals surface area (Å²) in [6.07, 6.45) is 5.29. The highest BCUT2D eigenvalue weighted by atomic mass is 32.2. The Morgan fingerprint density at radius 1 is 1.39 bits per heavy atom. The van der Waals surface area contributed by atoms with Crippen LogP contribution in [0.3, 0.4) is 0 Å². The molecule has 3 nitrogen and oxygen atoms in total. The number of aromatic nitrogens is 3. The molecule has 3 rings (SSSR count). The maximum Gasteiger partial charge on any atom is 0.183 e. The van der Waals surface area contributed by atoms with Crippen molar-refractivity contribution in [2.75, 3.05) is 0 Å². The van der Waals surface area contributed by atoms with Gasteiger partial charge in [-0.05, 0) is 29.9 Å². The number of hydrogen-bond acceptors (Lipinski definition) is 3. The van der Waals surface area contributed by atoms with E-state index in [9.17, 15) is 0 Å².